The van der Waals surface area contributed by atoms with Gasteiger partial charge in [-0.15, -0.1) is 0 Å². The molecule has 1 amide bonds. The number of rotatable bonds is 5. The second kappa shape index (κ2) is 7.24. The Morgan fingerprint density at radius 2 is 1.90 bits per heavy atom. The highest BCUT2D eigenvalue weighted by atomic mass is 35.5. The van der Waals surface area contributed by atoms with E-state index in [0.717, 1.165) is 4.90 Å². The van der Waals surface area contributed by atoms with Gasteiger partial charge in [-0.05, 0) is 30.3 Å². The lowest BCUT2D eigenvalue weighted by atomic mass is 10.2. The van der Waals surface area contributed by atoms with Gasteiger partial charge in [0.25, 0.3) is 0 Å². The lowest BCUT2D eigenvalue weighted by Gasteiger charge is -2.08. The number of hydrogen-bond donors (Lipinski definition) is 2. The van der Waals surface area contributed by atoms with Crippen molar-refractivity contribution in [3.8, 4) is 0 Å². The summed E-state index contributed by atoms with van der Waals surface area (Å²) in [6.45, 7) is 0. The maximum absolute atomic E-state index is 12.0. The molecule has 0 aliphatic rings. The molecule has 0 heterocycles. The number of hydrogen-bond acceptors (Lipinski definition) is 3. The van der Waals surface area contributed by atoms with Crippen LogP contribution >= 0.6 is 11.6 Å². The molecule has 0 aliphatic heterocycles. The maximum atomic E-state index is 12.0. The van der Waals surface area contributed by atoms with Crippen LogP contribution in [-0.2, 0) is 15.6 Å². The summed E-state index contributed by atoms with van der Waals surface area (Å²) in [5, 5.41) is 3.20. The Kier molecular flexibility index (Phi) is 5.36. The van der Waals surface area contributed by atoms with E-state index in [1.54, 1.807) is 30.3 Å². The number of carbonyl (C=O) groups is 1. The average molecular weight is 323 g/mol. The Hall–Kier alpha value is -1.85. The van der Waals surface area contributed by atoms with Gasteiger partial charge in [-0.3, -0.25) is 9.00 Å². The summed E-state index contributed by atoms with van der Waals surface area (Å²) >= 11 is 5.79. The second-order valence-electron chi connectivity index (χ2n) is 4.39. The number of benzene rings is 2. The molecule has 0 bridgehead atoms. The van der Waals surface area contributed by atoms with E-state index >= 15 is 0 Å². The van der Waals surface area contributed by atoms with Gasteiger partial charge in [0, 0.05) is 22.1 Å². The molecular formula is C15H15ClN2O2S. The van der Waals surface area contributed by atoms with Gasteiger partial charge in [0.2, 0.25) is 5.91 Å². The Bertz CT molecular complexity index is 662. The highest BCUT2D eigenvalue weighted by Crippen LogP contribution is 2.22. The Balaban J connectivity index is 1.89. The molecule has 0 aromatic heterocycles. The van der Waals surface area contributed by atoms with Gasteiger partial charge < -0.3 is 11.1 Å². The first kappa shape index (κ1) is 15.5. The molecule has 0 fully saturated rings. The molecule has 3 N–H and O–H groups in total. The Morgan fingerprint density at radius 1 is 1.19 bits per heavy atom. The topological polar surface area (TPSA) is 72.2 Å². The number of nitrogens with two attached hydrogens (primary N) is 1. The lowest BCUT2D eigenvalue weighted by Crippen LogP contribution is -2.15. The monoisotopic (exact) mass is 322 g/mol. The van der Waals surface area contributed by atoms with Crippen molar-refractivity contribution in [1.29, 1.82) is 0 Å². The van der Waals surface area contributed by atoms with Crippen LogP contribution in [0, 0.1) is 0 Å². The van der Waals surface area contributed by atoms with Crippen LogP contribution in [-0.4, -0.2) is 15.9 Å². The molecule has 1 unspecified atom stereocenters. The zero-order valence-electron chi connectivity index (χ0n) is 11.2. The largest absolute Gasteiger partial charge is 0.397 e. The van der Waals surface area contributed by atoms with E-state index < -0.39 is 10.8 Å². The minimum atomic E-state index is -1.18. The minimum Gasteiger partial charge on any atom is -0.397 e. The third-order valence-corrected chi connectivity index (χ3v) is 4.42. The van der Waals surface area contributed by atoms with Gasteiger partial charge in [0.1, 0.15) is 0 Å². The van der Waals surface area contributed by atoms with Crippen molar-refractivity contribution in [1.82, 2.24) is 0 Å². The van der Waals surface area contributed by atoms with Crippen LogP contribution in [0.1, 0.15) is 6.42 Å². The van der Waals surface area contributed by atoms with E-state index in [0.29, 0.717) is 16.4 Å². The number of nitrogens with one attached hydrogen (secondary N) is 1. The van der Waals surface area contributed by atoms with Crippen LogP contribution in [0.2, 0.25) is 5.02 Å². The predicted octanol–water partition coefficient (Wildman–Crippen LogP) is 3.06. The third kappa shape index (κ3) is 4.58. The first-order valence-corrected chi connectivity index (χ1v) is 8.04. The van der Waals surface area contributed by atoms with Crippen LogP contribution in [0.4, 0.5) is 11.4 Å². The number of halogens is 1. The summed E-state index contributed by atoms with van der Waals surface area (Å²) in [6, 6.07) is 13.9. The number of anilines is 2. The van der Waals surface area contributed by atoms with Crippen LogP contribution in [0.15, 0.2) is 53.4 Å². The Morgan fingerprint density at radius 3 is 2.57 bits per heavy atom. The van der Waals surface area contributed by atoms with E-state index in [1.807, 2.05) is 18.2 Å². The van der Waals surface area contributed by atoms with Gasteiger partial charge in [0.05, 0.1) is 22.2 Å². The molecular weight excluding hydrogens is 308 g/mol. The summed E-state index contributed by atoms with van der Waals surface area (Å²) in [4.78, 5) is 12.6. The van der Waals surface area contributed by atoms with Crippen molar-refractivity contribution in [3.63, 3.8) is 0 Å². The predicted molar refractivity (Wildman–Crippen MR) is 86.8 cm³/mol. The normalized spacial score (nSPS) is 11.9. The van der Waals surface area contributed by atoms with Crippen molar-refractivity contribution in [2.75, 3.05) is 16.8 Å². The van der Waals surface area contributed by atoms with Crippen molar-refractivity contribution < 1.29 is 9.00 Å². The van der Waals surface area contributed by atoms with Crippen molar-refractivity contribution >= 4 is 39.7 Å². The summed E-state index contributed by atoms with van der Waals surface area (Å²) in [5.74, 6) is 0.0388. The fraction of sp³-hybridized carbons (Fsp3) is 0.133. The van der Waals surface area contributed by atoms with Gasteiger partial charge in [-0.25, -0.2) is 0 Å². The molecule has 21 heavy (non-hydrogen) atoms. The first-order valence-electron chi connectivity index (χ1n) is 6.34. The van der Waals surface area contributed by atoms with Crippen molar-refractivity contribution in [2.24, 2.45) is 0 Å². The van der Waals surface area contributed by atoms with Gasteiger partial charge in [0.15, 0.2) is 0 Å². The van der Waals surface area contributed by atoms with Crippen molar-refractivity contribution in [3.05, 3.63) is 53.6 Å². The number of carbonyl (C=O) groups excluding carboxylic acids is 1. The molecule has 2 rings (SSSR count). The van der Waals surface area contributed by atoms with Crippen LogP contribution in [0.3, 0.4) is 0 Å². The Labute approximate surface area is 130 Å². The SMILES string of the molecule is Nc1cc(Cl)ccc1NC(=O)CCS(=O)c1ccccc1. The van der Waals surface area contributed by atoms with Gasteiger partial charge in [-0.1, -0.05) is 29.8 Å². The van der Waals surface area contributed by atoms with Crippen LogP contribution in [0.5, 0.6) is 0 Å². The molecule has 2 aromatic rings. The van der Waals surface area contributed by atoms with Gasteiger partial charge >= 0.3 is 0 Å². The van der Waals surface area contributed by atoms with Crippen LogP contribution < -0.4 is 11.1 Å². The minimum absolute atomic E-state index is 0.156. The standard InChI is InChI=1S/C15H15ClN2O2S/c16-11-6-7-14(13(17)10-11)18-15(19)8-9-21(20)12-4-2-1-3-5-12/h1-7,10H,8-9,17H2,(H,18,19). The molecule has 4 nitrogen and oxygen atoms in total. The van der Waals surface area contributed by atoms with E-state index in [9.17, 15) is 9.00 Å². The average Bonchev–Trinajstić information content (AvgIpc) is 2.48. The quantitative estimate of drug-likeness (QED) is 0.831. The molecule has 0 saturated carbocycles. The second-order valence-corrected chi connectivity index (χ2v) is 6.40. The molecule has 2 aromatic carbocycles. The third-order valence-electron chi connectivity index (χ3n) is 2.81. The summed E-state index contributed by atoms with van der Waals surface area (Å²) in [7, 11) is -1.18. The molecule has 0 aliphatic carbocycles. The summed E-state index contributed by atoms with van der Waals surface area (Å²) in [5.41, 5.74) is 6.67. The molecule has 0 radical (unpaired) electrons. The van der Waals surface area contributed by atoms with Crippen LogP contribution in [0.25, 0.3) is 0 Å². The summed E-state index contributed by atoms with van der Waals surface area (Å²) in [6.07, 6.45) is 0.156. The van der Waals surface area contributed by atoms with Crippen molar-refractivity contribution in [2.45, 2.75) is 11.3 Å². The molecule has 1 atom stereocenters. The molecule has 6 heteroatoms. The maximum Gasteiger partial charge on any atom is 0.225 e. The molecule has 110 valence electrons. The smallest absolute Gasteiger partial charge is 0.225 e. The summed E-state index contributed by atoms with van der Waals surface area (Å²) < 4.78 is 12.0. The lowest BCUT2D eigenvalue weighted by molar-refractivity contribution is -0.115. The van der Waals surface area contributed by atoms with E-state index in [1.165, 1.54) is 0 Å². The van der Waals surface area contributed by atoms with E-state index in [4.69, 9.17) is 17.3 Å². The highest BCUT2D eigenvalue weighted by Gasteiger charge is 2.09. The number of nitrogen functional groups attached to an aromatic ring is 1. The molecule has 0 saturated heterocycles. The highest BCUT2D eigenvalue weighted by molar-refractivity contribution is 7.85. The zero-order chi connectivity index (χ0) is 15.2. The fourth-order valence-electron chi connectivity index (χ4n) is 1.74. The zero-order valence-corrected chi connectivity index (χ0v) is 12.8. The fourth-order valence-corrected chi connectivity index (χ4v) is 2.98. The number of amides is 1. The van der Waals surface area contributed by atoms with Gasteiger partial charge in [-0.2, -0.15) is 0 Å². The van der Waals surface area contributed by atoms with E-state index in [2.05, 4.69) is 5.32 Å². The van der Waals surface area contributed by atoms with E-state index in [-0.39, 0.29) is 18.1 Å². The molecule has 0 spiro atoms. The first-order chi connectivity index (χ1) is 10.1.